The molecule has 6 heteroatoms. The molecule has 2 heterocycles. The van der Waals surface area contributed by atoms with Crippen LogP contribution in [0.1, 0.15) is 11.1 Å². The predicted octanol–water partition coefficient (Wildman–Crippen LogP) is 5.34. The van der Waals surface area contributed by atoms with Gasteiger partial charge in [0, 0.05) is 16.8 Å². The Hall–Kier alpha value is -2.56. The Labute approximate surface area is 160 Å². The minimum absolute atomic E-state index is 0.402. The van der Waals surface area contributed by atoms with Crippen molar-refractivity contribution < 1.29 is 4.84 Å². The zero-order valence-corrected chi connectivity index (χ0v) is 15.5. The van der Waals surface area contributed by atoms with Crippen LogP contribution in [0.25, 0.3) is 22.6 Å². The van der Waals surface area contributed by atoms with E-state index in [9.17, 15) is 0 Å². The van der Waals surface area contributed by atoms with Crippen LogP contribution in [0.15, 0.2) is 60.8 Å². The molecular formula is C20H15Cl2N3O. The number of rotatable bonds is 4. The molecular weight excluding hydrogens is 369 g/mol. The standard InChI is InChI=1S/C20H15Cl2N3O/c1-13-4-6-14(7-5-13)12-26-25-18-3-2-10-23-19(18)24-20(25)16-9-8-15(21)11-17(16)22/h2-11H,12H2,1H3. The van der Waals surface area contributed by atoms with E-state index in [0.29, 0.717) is 28.1 Å². The van der Waals surface area contributed by atoms with Crippen molar-refractivity contribution in [2.75, 3.05) is 0 Å². The fourth-order valence-corrected chi connectivity index (χ4v) is 3.18. The first-order chi connectivity index (χ1) is 12.6. The van der Waals surface area contributed by atoms with Gasteiger partial charge in [-0.2, -0.15) is 4.73 Å². The van der Waals surface area contributed by atoms with E-state index < -0.39 is 0 Å². The molecule has 2 aromatic carbocycles. The fourth-order valence-electron chi connectivity index (χ4n) is 2.69. The van der Waals surface area contributed by atoms with Gasteiger partial charge in [-0.1, -0.05) is 53.0 Å². The van der Waals surface area contributed by atoms with Crippen molar-refractivity contribution >= 4 is 34.4 Å². The third kappa shape index (κ3) is 3.26. The van der Waals surface area contributed by atoms with Crippen molar-refractivity contribution in [2.45, 2.75) is 13.5 Å². The van der Waals surface area contributed by atoms with Crippen molar-refractivity contribution in [3.8, 4) is 11.4 Å². The summed E-state index contributed by atoms with van der Waals surface area (Å²) in [7, 11) is 0. The molecule has 4 aromatic rings. The molecule has 0 fully saturated rings. The molecule has 0 N–H and O–H groups in total. The number of aromatic nitrogens is 3. The van der Waals surface area contributed by atoms with Gasteiger partial charge in [0.1, 0.15) is 12.1 Å². The Kier molecular flexibility index (Phi) is 4.53. The van der Waals surface area contributed by atoms with Gasteiger partial charge < -0.3 is 4.84 Å². The van der Waals surface area contributed by atoms with Crippen LogP contribution >= 0.6 is 23.2 Å². The molecule has 0 bridgehead atoms. The lowest BCUT2D eigenvalue weighted by Gasteiger charge is -2.12. The molecule has 4 nitrogen and oxygen atoms in total. The number of benzene rings is 2. The molecule has 0 aliphatic rings. The van der Waals surface area contributed by atoms with Gasteiger partial charge in [-0.3, -0.25) is 0 Å². The molecule has 0 saturated carbocycles. The first-order valence-electron chi connectivity index (χ1n) is 8.09. The lowest BCUT2D eigenvalue weighted by molar-refractivity contribution is 0.110. The van der Waals surface area contributed by atoms with Crippen molar-refractivity contribution in [3.63, 3.8) is 0 Å². The number of fused-ring (bicyclic) bond motifs is 1. The SMILES string of the molecule is Cc1ccc(COn2c(-c3ccc(Cl)cc3Cl)nc3ncccc32)cc1. The van der Waals surface area contributed by atoms with Crippen LogP contribution in [0.4, 0.5) is 0 Å². The number of halogens is 2. The topological polar surface area (TPSA) is 39.9 Å². The van der Waals surface area contributed by atoms with Gasteiger partial charge in [0.15, 0.2) is 11.5 Å². The number of pyridine rings is 1. The Morgan fingerprint density at radius 3 is 2.62 bits per heavy atom. The van der Waals surface area contributed by atoms with Crippen LogP contribution in [0.5, 0.6) is 0 Å². The van der Waals surface area contributed by atoms with Crippen molar-refractivity contribution in [1.29, 1.82) is 0 Å². The summed E-state index contributed by atoms with van der Waals surface area (Å²) in [4.78, 5) is 15.0. The van der Waals surface area contributed by atoms with Crippen LogP contribution in [0.2, 0.25) is 10.0 Å². The molecule has 0 spiro atoms. The fraction of sp³-hybridized carbons (Fsp3) is 0.100. The quantitative estimate of drug-likeness (QED) is 0.477. The second kappa shape index (κ2) is 6.98. The van der Waals surface area contributed by atoms with Crippen LogP contribution in [0, 0.1) is 6.92 Å². The molecule has 130 valence electrons. The number of aryl methyl sites for hydroxylation is 1. The maximum atomic E-state index is 6.38. The first-order valence-corrected chi connectivity index (χ1v) is 8.85. The van der Waals surface area contributed by atoms with E-state index in [2.05, 4.69) is 29.0 Å². The highest BCUT2D eigenvalue weighted by Gasteiger charge is 2.17. The smallest absolute Gasteiger partial charge is 0.181 e. The average Bonchev–Trinajstić information content (AvgIpc) is 2.99. The highest BCUT2D eigenvalue weighted by Crippen LogP contribution is 2.31. The average molecular weight is 384 g/mol. The molecule has 0 unspecified atom stereocenters. The maximum absolute atomic E-state index is 6.38. The Bertz CT molecular complexity index is 1070. The summed E-state index contributed by atoms with van der Waals surface area (Å²) in [6, 6.07) is 17.3. The predicted molar refractivity (Wildman–Crippen MR) is 104 cm³/mol. The normalized spacial score (nSPS) is 11.0. The highest BCUT2D eigenvalue weighted by molar-refractivity contribution is 6.36. The Morgan fingerprint density at radius 1 is 1.04 bits per heavy atom. The first kappa shape index (κ1) is 16.9. The van der Waals surface area contributed by atoms with Gasteiger partial charge in [-0.25, -0.2) is 9.97 Å². The largest absolute Gasteiger partial charge is 0.407 e. The molecule has 0 atom stereocenters. The van der Waals surface area contributed by atoms with E-state index in [1.165, 1.54) is 5.56 Å². The third-order valence-corrected chi connectivity index (χ3v) is 4.59. The summed E-state index contributed by atoms with van der Waals surface area (Å²) in [5.74, 6) is 0.590. The molecule has 0 amide bonds. The lowest BCUT2D eigenvalue weighted by atomic mass is 10.2. The maximum Gasteiger partial charge on any atom is 0.181 e. The van der Waals surface area contributed by atoms with Gasteiger partial charge in [0.05, 0.1) is 5.02 Å². The lowest BCUT2D eigenvalue weighted by Crippen LogP contribution is -2.12. The molecule has 0 aliphatic carbocycles. The number of hydrogen-bond acceptors (Lipinski definition) is 3. The summed E-state index contributed by atoms with van der Waals surface area (Å²) in [5, 5.41) is 1.08. The summed E-state index contributed by atoms with van der Waals surface area (Å²) in [5.41, 5.74) is 4.38. The third-order valence-electron chi connectivity index (χ3n) is 4.04. The van der Waals surface area contributed by atoms with E-state index in [1.54, 1.807) is 23.1 Å². The van der Waals surface area contributed by atoms with E-state index in [0.717, 1.165) is 16.6 Å². The van der Waals surface area contributed by atoms with Crippen molar-refractivity contribution in [2.24, 2.45) is 0 Å². The minimum atomic E-state index is 0.402. The van der Waals surface area contributed by atoms with Crippen LogP contribution < -0.4 is 4.84 Å². The van der Waals surface area contributed by atoms with Gasteiger partial charge in [-0.15, -0.1) is 0 Å². The van der Waals surface area contributed by atoms with Crippen LogP contribution in [0.3, 0.4) is 0 Å². The van der Waals surface area contributed by atoms with Crippen molar-refractivity contribution in [3.05, 3.63) is 82.0 Å². The number of nitrogens with zero attached hydrogens (tertiary/aromatic N) is 3. The Morgan fingerprint density at radius 2 is 1.85 bits per heavy atom. The highest BCUT2D eigenvalue weighted by atomic mass is 35.5. The zero-order chi connectivity index (χ0) is 18.1. The monoisotopic (exact) mass is 383 g/mol. The van der Waals surface area contributed by atoms with Gasteiger partial charge in [0.2, 0.25) is 0 Å². The minimum Gasteiger partial charge on any atom is -0.407 e. The molecule has 0 saturated heterocycles. The van der Waals surface area contributed by atoms with Gasteiger partial charge in [-0.05, 0) is 42.8 Å². The molecule has 0 aliphatic heterocycles. The summed E-state index contributed by atoms with van der Waals surface area (Å²) in [6.07, 6.45) is 1.70. The van der Waals surface area contributed by atoms with E-state index in [-0.39, 0.29) is 0 Å². The van der Waals surface area contributed by atoms with Gasteiger partial charge in [0.25, 0.3) is 0 Å². The second-order valence-electron chi connectivity index (χ2n) is 5.96. The Balaban J connectivity index is 1.77. The van der Waals surface area contributed by atoms with E-state index in [4.69, 9.17) is 28.0 Å². The van der Waals surface area contributed by atoms with E-state index >= 15 is 0 Å². The molecule has 2 aromatic heterocycles. The summed E-state index contributed by atoms with van der Waals surface area (Å²) in [6.45, 7) is 2.46. The second-order valence-corrected chi connectivity index (χ2v) is 6.80. The molecule has 0 radical (unpaired) electrons. The summed E-state index contributed by atoms with van der Waals surface area (Å²) >= 11 is 12.4. The molecule has 4 rings (SSSR count). The van der Waals surface area contributed by atoms with Crippen LogP contribution in [-0.4, -0.2) is 14.7 Å². The zero-order valence-electron chi connectivity index (χ0n) is 14.0. The summed E-state index contributed by atoms with van der Waals surface area (Å²) < 4.78 is 1.68. The van der Waals surface area contributed by atoms with E-state index in [1.807, 2.05) is 30.3 Å². The number of imidazole rings is 1. The van der Waals surface area contributed by atoms with Crippen molar-refractivity contribution in [1.82, 2.24) is 14.7 Å². The number of hydrogen-bond donors (Lipinski definition) is 0. The van der Waals surface area contributed by atoms with Gasteiger partial charge >= 0.3 is 0 Å². The molecule has 26 heavy (non-hydrogen) atoms. The van der Waals surface area contributed by atoms with Crippen LogP contribution in [-0.2, 0) is 6.61 Å².